The average molecular weight is 367 g/mol. The molecule has 0 unspecified atom stereocenters. The molecule has 0 saturated heterocycles. The first-order valence-corrected chi connectivity index (χ1v) is 9.32. The van der Waals surface area contributed by atoms with E-state index in [4.69, 9.17) is 9.47 Å². The second kappa shape index (κ2) is 8.58. The highest BCUT2D eigenvalue weighted by atomic mass is 32.2. The van der Waals surface area contributed by atoms with Gasteiger partial charge in [-0.2, -0.15) is 0 Å². The Morgan fingerprint density at radius 3 is 2.62 bits per heavy atom. The van der Waals surface area contributed by atoms with Crippen molar-refractivity contribution in [1.29, 1.82) is 0 Å². The van der Waals surface area contributed by atoms with Crippen LogP contribution in [0.4, 0.5) is 0 Å². The highest BCUT2D eigenvalue weighted by Crippen LogP contribution is 2.30. The van der Waals surface area contributed by atoms with Gasteiger partial charge < -0.3 is 9.47 Å². The van der Waals surface area contributed by atoms with Gasteiger partial charge in [-0.15, -0.1) is 16.8 Å². The van der Waals surface area contributed by atoms with Gasteiger partial charge in [-0.05, 0) is 43.3 Å². The molecule has 0 fully saturated rings. The van der Waals surface area contributed by atoms with Gasteiger partial charge in [0.2, 0.25) is 0 Å². The first kappa shape index (κ1) is 18.1. The van der Waals surface area contributed by atoms with Crippen LogP contribution in [0.15, 0.2) is 66.3 Å². The van der Waals surface area contributed by atoms with Crippen molar-refractivity contribution in [3.05, 3.63) is 61.2 Å². The summed E-state index contributed by atoms with van der Waals surface area (Å²) in [4.78, 5) is 0. The molecule has 0 saturated carbocycles. The zero-order valence-corrected chi connectivity index (χ0v) is 15.7. The molecule has 2 aromatic carbocycles. The molecule has 6 heteroatoms. The molecular weight excluding hydrogens is 346 g/mol. The molecule has 0 spiro atoms. The summed E-state index contributed by atoms with van der Waals surface area (Å²) in [6, 6.07) is 15.7. The highest BCUT2D eigenvalue weighted by molar-refractivity contribution is 7.99. The Morgan fingerprint density at radius 2 is 1.92 bits per heavy atom. The van der Waals surface area contributed by atoms with Crippen molar-refractivity contribution in [2.45, 2.75) is 12.1 Å². The molecule has 0 radical (unpaired) electrons. The van der Waals surface area contributed by atoms with E-state index in [1.165, 1.54) is 0 Å². The Bertz CT molecular complexity index is 875. The number of benzene rings is 2. The van der Waals surface area contributed by atoms with Crippen molar-refractivity contribution in [1.82, 2.24) is 14.8 Å². The number of ether oxygens (including phenoxy) is 2. The zero-order chi connectivity index (χ0) is 18.4. The van der Waals surface area contributed by atoms with Crippen LogP contribution in [0.5, 0.6) is 11.5 Å². The Balaban J connectivity index is 2.07. The number of methoxy groups -OCH3 is 1. The van der Waals surface area contributed by atoms with Crippen LogP contribution in [0.2, 0.25) is 0 Å². The fraction of sp³-hybridized carbons (Fsp3) is 0.200. The molecule has 0 N–H and O–H groups in total. The normalized spacial score (nSPS) is 10.5. The van der Waals surface area contributed by atoms with E-state index in [-0.39, 0.29) is 0 Å². The second-order valence-electron chi connectivity index (χ2n) is 5.40. The molecule has 3 aromatic rings. The maximum Gasteiger partial charge on any atom is 0.196 e. The topological polar surface area (TPSA) is 49.2 Å². The van der Waals surface area contributed by atoms with Gasteiger partial charge in [0.15, 0.2) is 11.0 Å². The summed E-state index contributed by atoms with van der Waals surface area (Å²) in [5, 5.41) is 9.61. The molecule has 0 aliphatic carbocycles. The van der Waals surface area contributed by atoms with E-state index < -0.39 is 0 Å². The lowest BCUT2D eigenvalue weighted by atomic mass is 10.2. The van der Waals surface area contributed by atoms with Crippen LogP contribution in [-0.2, 0) is 0 Å². The Hall–Kier alpha value is -2.73. The van der Waals surface area contributed by atoms with E-state index in [9.17, 15) is 0 Å². The number of nitrogens with zero attached hydrogens (tertiary/aromatic N) is 3. The summed E-state index contributed by atoms with van der Waals surface area (Å²) in [5.74, 6) is 3.14. The van der Waals surface area contributed by atoms with Crippen LogP contribution >= 0.6 is 11.8 Å². The Morgan fingerprint density at radius 1 is 1.12 bits per heavy atom. The third-order valence-electron chi connectivity index (χ3n) is 3.70. The molecule has 0 aliphatic heterocycles. The summed E-state index contributed by atoms with van der Waals surface area (Å²) in [6.45, 7) is 6.40. The average Bonchev–Trinajstić information content (AvgIpc) is 3.11. The van der Waals surface area contributed by atoms with Crippen LogP contribution in [0.1, 0.15) is 6.92 Å². The number of aromatic nitrogens is 3. The van der Waals surface area contributed by atoms with Crippen molar-refractivity contribution in [3.8, 4) is 28.6 Å². The van der Waals surface area contributed by atoms with Crippen molar-refractivity contribution in [3.63, 3.8) is 0 Å². The first-order valence-electron chi connectivity index (χ1n) is 8.33. The van der Waals surface area contributed by atoms with Crippen LogP contribution in [0, 0.1) is 0 Å². The molecule has 0 amide bonds. The van der Waals surface area contributed by atoms with E-state index >= 15 is 0 Å². The van der Waals surface area contributed by atoms with E-state index in [0.717, 1.165) is 39.5 Å². The van der Waals surface area contributed by atoms with Gasteiger partial charge >= 0.3 is 0 Å². The van der Waals surface area contributed by atoms with Gasteiger partial charge in [0, 0.05) is 17.0 Å². The molecular formula is C20H21N3O2S. The lowest BCUT2D eigenvalue weighted by Crippen LogP contribution is -2.00. The van der Waals surface area contributed by atoms with Crippen molar-refractivity contribution < 1.29 is 9.47 Å². The predicted molar refractivity (Wildman–Crippen MR) is 105 cm³/mol. The minimum Gasteiger partial charge on any atom is -0.497 e. The summed E-state index contributed by atoms with van der Waals surface area (Å²) >= 11 is 1.59. The number of hydrogen-bond acceptors (Lipinski definition) is 5. The van der Waals surface area contributed by atoms with Crippen LogP contribution < -0.4 is 9.47 Å². The van der Waals surface area contributed by atoms with Gasteiger partial charge in [0.05, 0.1) is 13.7 Å². The molecule has 3 rings (SSSR count). The number of thioether (sulfide) groups is 1. The summed E-state index contributed by atoms with van der Waals surface area (Å²) in [7, 11) is 1.65. The Labute approximate surface area is 157 Å². The standard InChI is InChI=1S/C20H21N3O2S/c1-4-13-26-20-22-21-19(15-7-6-8-18(14-15)24-3)23(20)16-9-11-17(12-10-16)25-5-2/h4,6-12,14H,1,5,13H2,2-3H3. The molecule has 26 heavy (non-hydrogen) atoms. The fourth-order valence-electron chi connectivity index (χ4n) is 2.54. The Kier molecular flexibility index (Phi) is 5.96. The lowest BCUT2D eigenvalue weighted by Gasteiger charge is -2.11. The minimum absolute atomic E-state index is 0.640. The molecule has 1 heterocycles. The molecule has 1 aromatic heterocycles. The highest BCUT2D eigenvalue weighted by Gasteiger charge is 2.16. The van der Waals surface area contributed by atoms with E-state index in [2.05, 4.69) is 16.8 Å². The molecule has 0 atom stereocenters. The van der Waals surface area contributed by atoms with Crippen LogP contribution in [0.25, 0.3) is 17.1 Å². The minimum atomic E-state index is 0.640. The lowest BCUT2D eigenvalue weighted by molar-refractivity contribution is 0.340. The van der Waals surface area contributed by atoms with Crippen molar-refractivity contribution >= 4 is 11.8 Å². The molecule has 0 bridgehead atoms. The fourth-order valence-corrected chi connectivity index (χ4v) is 3.22. The quantitative estimate of drug-likeness (QED) is 0.429. The van der Waals surface area contributed by atoms with E-state index in [1.54, 1.807) is 18.9 Å². The van der Waals surface area contributed by atoms with Gasteiger partial charge in [-0.3, -0.25) is 4.57 Å². The van der Waals surface area contributed by atoms with Gasteiger partial charge in [0.25, 0.3) is 0 Å². The monoisotopic (exact) mass is 367 g/mol. The smallest absolute Gasteiger partial charge is 0.196 e. The van der Waals surface area contributed by atoms with Gasteiger partial charge in [-0.1, -0.05) is 30.0 Å². The second-order valence-corrected chi connectivity index (χ2v) is 6.39. The SMILES string of the molecule is C=CCSc1nnc(-c2cccc(OC)c2)n1-c1ccc(OCC)cc1. The third kappa shape index (κ3) is 3.91. The maximum absolute atomic E-state index is 5.54. The number of rotatable bonds is 8. The molecule has 5 nitrogen and oxygen atoms in total. The summed E-state index contributed by atoms with van der Waals surface area (Å²) in [6.07, 6.45) is 1.85. The van der Waals surface area contributed by atoms with Crippen LogP contribution in [-0.4, -0.2) is 34.2 Å². The summed E-state index contributed by atoms with van der Waals surface area (Å²) < 4.78 is 12.9. The van der Waals surface area contributed by atoms with Gasteiger partial charge in [0.1, 0.15) is 11.5 Å². The molecule has 0 aliphatic rings. The van der Waals surface area contributed by atoms with E-state index in [1.807, 2.05) is 66.1 Å². The largest absolute Gasteiger partial charge is 0.497 e. The third-order valence-corrected chi connectivity index (χ3v) is 4.62. The van der Waals surface area contributed by atoms with Crippen molar-refractivity contribution in [2.75, 3.05) is 19.5 Å². The zero-order valence-electron chi connectivity index (χ0n) is 14.9. The maximum atomic E-state index is 5.54. The van der Waals surface area contributed by atoms with Gasteiger partial charge in [-0.25, -0.2) is 0 Å². The first-order chi connectivity index (χ1) is 12.8. The van der Waals surface area contributed by atoms with E-state index in [0.29, 0.717) is 6.61 Å². The summed E-state index contributed by atoms with van der Waals surface area (Å²) in [5.41, 5.74) is 1.92. The van der Waals surface area contributed by atoms with Crippen LogP contribution in [0.3, 0.4) is 0 Å². The number of hydrogen-bond donors (Lipinski definition) is 0. The molecule has 134 valence electrons. The van der Waals surface area contributed by atoms with Crippen molar-refractivity contribution in [2.24, 2.45) is 0 Å². The predicted octanol–water partition coefficient (Wildman–Crippen LogP) is 4.62.